The van der Waals surface area contributed by atoms with Crippen LogP contribution in [0.4, 0.5) is 0 Å². The van der Waals surface area contributed by atoms with E-state index in [1.165, 1.54) is 96.3 Å². The maximum atomic E-state index is 12.9. The Morgan fingerprint density at radius 2 is 1.12 bits per heavy atom. The number of likely N-dealkylation sites (tertiary alicyclic amines) is 1. The van der Waals surface area contributed by atoms with Crippen molar-refractivity contribution in [1.29, 1.82) is 0 Å². The predicted molar refractivity (Wildman–Crippen MR) is 205 cm³/mol. The van der Waals surface area contributed by atoms with Crippen LogP contribution in [0.25, 0.3) is 0 Å². The van der Waals surface area contributed by atoms with Crippen molar-refractivity contribution in [2.75, 3.05) is 39.5 Å². The summed E-state index contributed by atoms with van der Waals surface area (Å²) < 4.78 is 17.0. The van der Waals surface area contributed by atoms with Gasteiger partial charge in [-0.05, 0) is 146 Å². The summed E-state index contributed by atoms with van der Waals surface area (Å²) in [6, 6.07) is 0. The molecular weight excluding hydrogens is 638 g/mol. The Labute approximate surface area is 311 Å². The van der Waals surface area contributed by atoms with Crippen LogP contribution >= 0.6 is 0 Å². The average Bonchev–Trinajstić information content (AvgIpc) is 3.63. The Hall–Kier alpha value is -2.15. The summed E-state index contributed by atoms with van der Waals surface area (Å²) in [6.07, 6.45) is 36.5. The van der Waals surface area contributed by atoms with Crippen LogP contribution < -0.4 is 0 Å². The van der Waals surface area contributed by atoms with E-state index in [4.69, 9.17) is 14.2 Å². The van der Waals surface area contributed by atoms with Gasteiger partial charge in [0.1, 0.15) is 19.8 Å². The smallest absolute Gasteiger partial charge is 0.305 e. The van der Waals surface area contributed by atoms with E-state index in [-0.39, 0.29) is 43.6 Å². The summed E-state index contributed by atoms with van der Waals surface area (Å²) >= 11 is 0. The number of nitrogens with zero attached hydrogens (tertiary/aromatic N) is 1. The van der Waals surface area contributed by atoms with Gasteiger partial charge in [0.2, 0.25) is 0 Å². The first-order valence-corrected chi connectivity index (χ1v) is 21.4. The predicted octanol–water partition coefficient (Wildman–Crippen LogP) is 10.3. The van der Waals surface area contributed by atoms with Gasteiger partial charge >= 0.3 is 17.9 Å². The molecule has 1 atom stereocenters. The fourth-order valence-corrected chi connectivity index (χ4v) is 9.67. The monoisotopic (exact) mass is 712 g/mol. The molecule has 0 aromatic carbocycles. The van der Waals surface area contributed by atoms with Crippen molar-refractivity contribution in [1.82, 2.24) is 4.90 Å². The largest absolute Gasteiger partial charge is 0.465 e. The van der Waals surface area contributed by atoms with Crippen molar-refractivity contribution in [3.63, 3.8) is 0 Å². The molecule has 51 heavy (non-hydrogen) atoms. The van der Waals surface area contributed by atoms with E-state index in [9.17, 15) is 14.4 Å². The van der Waals surface area contributed by atoms with Crippen molar-refractivity contribution >= 4 is 17.9 Å². The first-order valence-electron chi connectivity index (χ1n) is 21.4. The van der Waals surface area contributed by atoms with Gasteiger partial charge in [0.25, 0.3) is 0 Å². The topological polar surface area (TPSA) is 82.1 Å². The molecule has 5 aliphatic rings. The standard InChI is InChI=1S/C44H73NO6/c1-2-3-4-5-6-7-8-9-10-11-12-13-14-15-16-17-21-41(46)49-34-40(35-50-42(47)22-20-27-45-25-18-19-26-45)36-51-43(48)23-24-44-31-37-28-38(32-44)30-39(29-37)33-44/h6-7,9-10,37-40H,2-5,8,11-36H2,1H3/b7-6-,10-9-. The zero-order valence-electron chi connectivity index (χ0n) is 32.4. The van der Waals surface area contributed by atoms with Crippen LogP contribution in [-0.4, -0.2) is 62.3 Å². The maximum Gasteiger partial charge on any atom is 0.305 e. The molecule has 0 spiro atoms. The minimum Gasteiger partial charge on any atom is -0.465 e. The fourth-order valence-electron chi connectivity index (χ4n) is 9.67. The number of allylic oxidation sites excluding steroid dienone is 4. The minimum atomic E-state index is -0.351. The fraction of sp³-hybridized carbons (Fsp3) is 0.841. The summed E-state index contributed by atoms with van der Waals surface area (Å²) in [5, 5.41) is 0. The van der Waals surface area contributed by atoms with Crippen LogP contribution in [0.1, 0.15) is 167 Å². The van der Waals surface area contributed by atoms with Crippen LogP contribution in [0.5, 0.6) is 0 Å². The number of unbranched alkanes of at least 4 members (excludes halogenated alkanes) is 9. The molecule has 0 N–H and O–H groups in total. The summed E-state index contributed by atoms with van der Waals surface area (Å²) in [5.74, 6) is 1.61. The van der Waals surface area contributed by atoms with Gasteiger partial charge in [0, 0.05) is 19.3 Å². The van der Waals surface area contributed by atoms with E-state index in [0.29, 0.717) is 24.7 Å². The molecule has 1 saturated heterocycles. The van der Waals surface area contributed by atoms with Gasteiger partial charge in [0.05, 0.1) is 5.92 Å². The van der Waals surface area contributed by atoms with Crippen LogP contribution in [0.3, 0.4) is 0 Å². The molecule has 0 aromatic heterocycles. The Bertz CT molecular complexity index is 1030. The van der Waals surface area contributed by atoms with Crippen molar-refractivity contribution in [3.05, 3.63) is 24.3 Å². The maximum absolute atomic E-state index is 12.9. The van der Waals surface area contributed by atoms with Crippen molar-refractivity contribution < 1.29 is 28.6 Å². The zero-order chi connectivity index (χ0) is 36.0. The van der Waals surface area contributed by atoms with Crippen LogP contribution in [0.2, 0.25) is 0 Å². The Morgan fingerprint density at radius 3 is 1.69 bits per heavy atom. The Balaban J connectivity index is 1.06. The quantitative estimate of drug-likeness (QED) is 0.0346. The second kappa shape index (κ2) is 24.2. The highest BCUT2D eigenvalue weighted by atomic mass is 16.6. The number of rotatable bonds is 28. The van der Waals surface area contributed by atoms with Gasteiger partial charge in [-0.3, -0.25) is 14.4 Å². The lowest BCUT2D eigenvalue weighted by Gasteiger charge is -2.57. The van der Waals surface area contributed by atoms with E-state index >= 15 is 0 Å². The number of carbonyl (C=O) groups is 3. The van der Waals surface area contributed by atoms with Gasteiger partial charge in [-0.15, -0.1) is 0 Å². The lowest BCUT2D eigenvalue weighted by Crippen LogP contribution is -2.46. The molecule has 5 fully saturated rings. The molecule has 1 aliphatic heterocycles. The average molecular weight is 712 g/mol. The number of hydrogen-bond acceptors (Lipinski definition) is 7. The van der Waals surface area contributed by atoms with Crippen LogP contribution in [-0.2, 0) is 28.6 Å². The third-order valence-electron chi connectivity index (χ3n) is 12.1. The highest BCUT2D eigenvalue weighted by molar-refractivity contribution is 5.70. The molecule has 4 saturated carbocycles. The second-order valence-corrected chi connectivity index (χ2v) is 16.8. The lowest BCUT2D eigenvalue weighted by atomic mass is 9.48. The first-order chi connectivity index (χ1) is 24.9. The number of carbonyl (C=O) groups excluding carboxylic acids is 3. The van der Waals surface area contributed by atoms with Crippen molar-refractivity contribution in [3.8, 4) is 0 Å². The second-order valence-electron chi connectivity index (χ2n) is 16.8. The summed E-state index contributed by atoms with van der Waals surface area (Å²) in [4.78, 5) is 40.4. The minimum absolute atomic E-state index is 0.100. The molecule has 0 amide bonds. The van der Waals surface area contributed by atoms with Crippen molar-refractivity contribution in [2.24, 2.45) is 29.1 Å². The Kier molecular flexibility index (Phi) is 19.8. The SMILES string of the molecule is CCCCC/C=C\C/C=C\CCCCCCCCC(=O)OCC(COC(=O)CCCN1CCCC1)COC(=O)CCC12CC3CC(CC(C3)C1)C2. The summed E-state index contributed by atoms with van der Waals surface area (Å²) in [6.45, 7) is 5.71. The molecule has 1 heterocycles. The van der Waals surface area contributed by atoms with Gasteiger partial charge in [0.15, 0.2) is 0 Å². The molecule has 7 heteroatoms. The molecule has 290 valence electrons. The number of esters is 3. The van der Waals surface area contributed by atoms with Gasteiger partial charge < -0.3 is 19.1 Å². The van der Waals surface area contributed by atoms with E-state index in [1.54, 1.807) is 0 Å². The van der Waals surface area contributed by atoms with Gasteiger partial charge in [-0.25, -0.2) is 0 Å². The van der Waals surface area contributed by atoms with E-state index < -0.39 is 0 Å². The van der Waals surface area contributed by atoms with Crippen molar-refractivity contribution in [2.45, 2.75) is 167 Å². The molecule has 1 unspecified atom stereocenters. The molecular formula is C44H73NO6. The van der Waals surface area contributed by atoms with E-state index in [1.807, 2.05) is 0 Å². The highest BCUT2D eigenvalue weighted by Gasteiger charge is 2.50. The van der Waals surface area contributed by atoms with Crippen LogP contribution in [0.15, 0.2) is 24.3 Å². The van der Waals surface area contributed by atoms with E-state index in [0.717, 1.165) is 82.3 Å². The molecule has 0 aromatic rings. The molecule has 5 rings (SSSR count). The van der Waals surface area contributed by atoms with Gasteiger partial charge in [-0.1, -0.05) is 69.8 Å². The van der Waals surface area contributed by atoms with Crippen LogP contribution in [0, 0.1) is 29.1 Å². The lowest BCUT2D eigenvalue weighted by molar-refractivity contribution is -0.154. The molecule has 4 aliphatic carbocycles. The molecule has 0 radical (unpaired) electrons. The third kappa shape index (κ3) is 17.0. The Morgan fingerprint density at radius 1 is 0.627 bits per heavy atom. The molecule has 7 nitrogen and oxygen atoms in total. The number of hydrogen-bond donors (Lipinski definition) is 0. The normalized spacial score (nSPS) is 24.8. The zero-order valence-corrected chi connectivity index (χ0v) is 32.4. The highest BCUT2D eigenvalue weighted by Crippen LogP contribution is 2.61. The van der Waals surface area contributed by atoms with Gasteiger partial charge in [-0.2, -0.15) is 0 Å². The van der Waals surface area contributed by atoms with E-state index in [2.05, 4.69) is 36.1 Å². The summed E-state index contributed by atoms with van der Waals surface area (Å²) in [5.41, 5.74) is 0.343. The molecule has 4 bridgehead atoms. The summed E-state index contributed by atoms with van der Waals surface area (Å²) in [7, 11) is 0. The first kappa shape index (κ1) is 41.6. The number of ether oxygens (including phenoxy) is 3. The third-order valence-corrected chi connectivity index (χ3v) is 12.1.